The molecular weight excluding hydrogens is 215 g/mol. The largest absolute Gasteiger partial charge is 0.362 e. The summed E-state index contributed by atoms with van der Waals surface area (Å²) in [6, 6.07) is 7.32. The highest BCUT2D eigenvalue weighted by molar-refractivity contribution is 5.50. The van der Waals surface area contributed by atoms with Gasteiger partial charge in [-0.05, 0) is 51.9 Å². The lowest BCUT2D eigenvalue weighted by Gasteiger charge is -2.42. The maximum atomic E-state index is 13.4. The summed E-state index contributed by atoms with van der Waals surface area (Å²) in [5.41, 5.74) is 0.982. The van der Waals surface area contributed by atoms with Gasteiger partial charge in [0.1, 0.15) is 5.82 Å². The molecule has 0 spiro atoms. The number of rotatable bonds is 1. The Kier molecular flexibility index (Phi) is 3.38. The average molecular weight is 236 g/mol. The fourth-order valence-corrected chi connectivity index (χ4v) is 2.75. The van der Waals surface area contributed by atoms with E-state index in [0.717, 1.165) is 25.2 Å². The SMILES string of the molecule is CC1CCNCC(C)(C)N1c1cccc(F)c1. The first-order valence-corrected chi connectivity index (χ1v) is 6.26. The van der Waals surface area contributed by atoms with Crippen LogP contribution >= 0.6 is 0 Å². The van der Waals surface area contributed by atoms with Crippen molar-refractivity contribution >= 4 is 5.69 Å². The van der Waals surface area contributed by atoms with E-state index >= 15 is 0 Å². The molecule has 0 amide bonds. The number of nitrogens with zero attached hydrogens (tertiary/aromatic N) is 1. The second kappa shape index (κ2) is 4.65. The molecule has 1 aromatic carbocycles. The van der Waals surface area contributed by atoms with Crippen LogP contribution in [0, 0.1) is 5.82 Å². The molecule has 94 valence electrons. The highest BCUT2D eigenvalue weighted by atomic mass is 19.1. The van der Waals surface area contributed by atoms with E-state index < -0.39 is 0 Å². The number of anilines is 1. The molecule has 1 unspecified atom stereocenters. The van der Waals surface area contributed by atoms with Crippen LogP contribution in [0.1, 0.15) is 27.2 Å². The smallest absolute Gasteiger partial charge is 0.125 e. The molecule has 1 N–H and O–H groups in total. The van der Waals surface area contributed by atoms with Gasteiger partial charge < -0.3 is 10.2 Å². The van der Waals surface area contributed by atoms with Crippen molar-refractivity contribution in [2.45, 2.75) is 38.8 Å². The van der Waals surface area contributed by atoms with Gasteiger partial charge in [0.25, 0.3) is 0 Å². The number of benzene rings is 1. The number of hydrogen-bond donors (Lipinski definition) is 1. The molecule has 1 aliphatic rings. The minimum atomic E-state index is -0.164. The van der Waals surface area contributed by atoms with Crippen LogP contribution in [0.2, 0.25) is 0 Å². The first-order chi connectivity index (χ1) is 8.00. The summed E-state index contributed by atoms with van der Waals surface area (Å²) in [5, 5.41) is 3.45. The molecule has 0 aromatic heterocycles. The summed E-state index contributed by atoms with van der Waals surface area (Å²) in [4.78, 5) is 2.33. The maximum absolute atomic E-state index is 13.4. The topological polar surface area (TPSA) is 15.3 Å². The lowest BCUT2D eigenvalue weighted by atomic mass is 9.99. The predicted octanol–water partition coefficient (Wildman–Crippen LogP) is 2.79. The van der Waals surface area contributed by atoms with E-state index in [0.29, 0.717) is 6.04 Å². The first-order valence-electron chi connectivity index (χ1n) is 6.26. The van der Waals surface area contributed by atoms with E-state index in [2.05, 4.69) is 31.0 Å². The van der Waals surface area contributed by atoms with Crippen LogP contribution in [0.3, 0.4) is 0 Å². The Balaban J connectivity index is 2.38. The van der Waals surface area contributed by atoms with E-state index in [1.807, 2.05) is 6.07 Å². The molecule has 0 radical (unpaired) electrons. The lowest BCUT2D eigenvalue weighted by Crippen LogP contribution is -2.52. The van der Waals surface area contributed by atoms with Crippen LogP contribution in [-0.2, 0) is 0 Å². The monoisotopic (exact) mass is 236 g/mol. The van der Waals surface area contributed by atoms with Gasteiger partial charge in [-0.2, -0.15) is 0 Å². The standard InChI is InChI=1S/C14H21FN2/c1-11-7-8-16-10-14(2,3)17(11)13-6-4-5-12(15)9-13/h4-6,9,11,16H,7-8,10H2,1-3H3. The van der Waals surface area contributed by atoms with E-state index in [1.54, 1.807) is 12.1 Å². The zero-order valence-corrected chi connectivity index (χ0v) is 10.8. The van der Waals surface area contributed by atoms with E-state index in [1.165, 1.54) is 6.07 Å². The van der Waals surface area contributed by atoms with Crippen LogP contribution < -0.4 is 10.2 Å². The second-order valence-electron chi connectivity index (χ2n) is 5.48. The highest BCUT2D eigenvalue weighted by Crippen LogP contribution is 2.29. The molecular formula is C14H21FN2. The Hall–Kier alpha value is -1.09. The number of hydrogen-bond acceptors (Lipinski definition) is 2. The van der Waals surface area contributed by atoms with Gasteiger partial charge in [0.2, 0.25) is 0 Å². The third kappa shape index (κ3) is 2.60. The van der Waals surface area contributed by atoms with Crippen molar-refractivity contribution in [3.05, 3.63) is 30.1 Å². The predicted molar refractivity (Wildman–Crippen MR) is 69.9 cm³/mol. The third-order valence-corrected chi connectivity index (χ3v) is 3.48. The summed E-state index contributed by atoms with van der Waals surface area (Å²) in [7, 11) is 0. The van der Waals surface area contributed by atoms with Crippen molar-refractivity contribution in [2.75, 3.05) is 18.0 Å². The van der Waals surface area contributed by atoms with Crippen LogP contribution in [0.5, 0.6) is 0 Å². The normalized spacial score (nSPS) is 24.5. The molecule has 3 heteroatoms. The third-order valence-electron chi connectivity index (χ3n) is 3.48. The summed E-state index contributed by atoms with van der Waals surface area (Å²) < 4.78 is 13.4. The van der Waals surface area contributed by atoms with Gasteiger partial charge in [-0.25, -0.2) is 4.39 Å². The molecule has 1 fully saturated rings. The Morgan fingerprint density at radius 2 is 2.18 bits per heavy atom. The first kappa shape index (κ1) is 12.4. The van der Waals surface area contributed by atoms with Crippen molar-refractivity contribution in [1.82, 2.24) is 5.32 Å². The number of halogens is 1. The van der Waals surface area contributed by atoms with Gasteiger partial charge in [0.15, 0.2) is 0 Å². The Bertz CT molecular complexity index is 390. The van der Waals surface area contributed by atoms with Crippen LogP contribution in [-0.4, -0.2) is 24.7 Å². The molecule has 1 aromatic rings. The van der Waals surface area contributed by atoms with Crippen molar-refractivity contribution in [2.24, 2.45) is 0 Å². The summed E-state index contributed by atoms with van der Waals surface area (Å²) in [5.74, 6) is -0.164. The molecule has 17 heavy (non-hydrogen) atoms. The van der Waals surface area contributed by atoms with Crippen LogP contribution in [0.4, 0.5) is 10.1 Å². The van der Waals surface area contributed by atoms with Crippen molar-refractivity contribution in [3.63, 3.8) is 0 Å². The fourth-order valence-electron chi connectivity index (χ4n) is 2.75. The molecule has 1 saturated heterocycles. The van der Waals surface area contributed by atoms with Gasteiger partial charge in [-0.3, -0.25) is 0 Å². The van der Waals surface area contributed by atoms with E-state index in [9.17, 15) is 4.39 Å². The van der Waals surface area contributed by atoms with Gasteiger partial charge in [-0.15, -0.1) is 0 Å². The lowest BCUT2D eigenvalue weighted by molar-refractivity contribution is 0.432. The molecule has 1 aliphatic heterocycles. The van der Waals surface area contributed by atoms with E-state index in [-0.39, 0.29) is 11.4 Å². The van der Waals surface area contributed by atoms with Crippen molar-refractivity contribution in [3.8, 4) is 0 Å². The van der Waals surface area contributed by atoms with Gasteiger partial charge in [-0.1, -0.05) is 6.07 Å². The molecule has 1 heterocycles. The zero-order valence-electron chi connectivity index (χ0n) is 10.8. The van der Waals surface area contributed by atoms with Crippen LogP contribution in [0.15, 0.2) is 24.3 Å². The zero-order chi connectivity index (χ0) is 12.5. The molecule has 0 saturated carbocycles. The highest BCUT2D eigenvalue weighted by Gasteiger charge is 2.32. The Morgan fingerprint density at radius 1 is 1.41 bits per heavy atom. The molecule has 2 nitrogen and oxygen atoms in total. The van der Waals surface area contributed by atoms with Crippen molar-refractivity contribution in [1.29, 1.82) is 0 Å². The van der Waals surface area contributed by atoms with Crippen molar-refractivity contribution < 1.29 is 4.39 Å². The maximum Gasteiger partial charge on any atom is 0.125 e. The quantitative estimate of drug-likeness (QED) is 0.806. The minimum absolute atomic E-state index is 0.00368. The summed E-state index contributed by atoms with van der Waals surface area (Å²) in [6.45, 7) is 8.56. The molecule has 2 rings (SSSR count). The molecule has 0 aliphatic carbocycles. The van der Waals surface area contributed by atoms with E-state index in [4.69, 9.17) is 0 Å². The minimum Gasteiger partial charge on any atom is -0.362 e. The molecule has 1 atom stereocenters. The molecule has 0 bridgehead atoms. The number of nitrogens with one attached hydrogen (secondary N) is 1. The Morgan fingerprint density at radius 3 is 2.88 bits per heavy atom. The second-order valence-corrected chi connectivity index (χ2v) is 5.48. The van der Waals surface area contributed by atoms with Gasteiger partial charge in [0, 0.05) is 23.8 Å². The Labute approximate surface area is 103 Å². The average Bonchev–Trinajstić information content (AvgIpc) is 2.36. The van der Waals surface area contributed by atoms with Gasteiger partial charge >= 0.3 is 0 Å². The van der Waals surface area contributed by atoms with Crippen LogP contribution in [0.25, 0.3) is 0 Å². The van der Waals surface area contributed by atoms with Gasteiger partial charge in [0.05, 0.1) is 0 Å². The summed E-state index contributed by atoms with van der Waals surface area (Å²) >= 11 is 0. The fraction of sp³-hybridized carbons (Fsp3) is 0.571. The summed E-state index contributed by atoms with van der Waals surface area (Å²) in [6.07, 6.45) is 1.08.